The Kier molecular flexibility index (Phi) is 9.11. The predicted octanol–water partition coefficient (Wildman–Crippen LogP) is 3.71. The number of hydrogen-bond acceptors (Lipinski definition) is 6. The molecule has 158 valence electrons. The van der Waals surface area contributed by atoms with Crippen molar-refractivity contribution >= 4 is 29.1 Å². The highest BCUT2D eigenvalue weighted by molar-refractivity contribution is 8.00. The van der Waals surface area contributed by atoms with Crippen molar-refractivity contribution in [3.05, 3.63) is 40.9 Å². The van der Waals surface area contributed by atoms with Gasteiger partial charge in [0.1, 0.15) is 10.1 Å². The number of nitrogens with zero attached hydrogens (tertiary/aromatic N) is 2. The largest absolute Gasteiger partial charge is 0.493 e. The van der Waals surface area contributed by atoms with Crippen molar-refractivity contribution in [2.45, 2.75) is 30.6 Å². The third-order valence-corrected chi connectivity index (χ3v) is 6.69. The quantitative estimate of drug-likeness (QED) is 0.257. The molecule has 0 saturated carbocycles. The number of aromatic nitrogens is 1. The van der Waals surface area contributed by atoms with Gasteiger partial charge in [-0.15, -0.1) is 11.3 Å². The highest BCUT2D eigenvalue weighted by atomic mass is 32.2. The molecule has 0 amide bonds. The second kappa shape index (κ2) is 12.0. The third kappa shape index (κ3) is 7.53. The van der Waals surface area contributed by atoms with E-state index in [1.54, 1.807) is 30.1 Å². The summed E-state index contributed by atoms with van der Waals surface area (Å²) >= 11 is 3.49. The van der Waals surface area contributed by atoms with Gasteiger partial charge < -0.3 is 20.1 Å². The Morgan fingerprint density at radius 3 is 3.10 bits per heavy atom. The van der Waals surface area contributed by atoms with Crippen LogP contribution in [0.15, 0.2) is 39.1 Å². The van der Waals surface area contributed by atoms with E-state index < -0.39 is 0 Å². The van der Waals surface area contributed by atoms with Gasteiger partial charge in [0.25, 0.3) is 0 Å². The molecule has 0 radical (unpaired) electrons. The van der Waals surface area contributed by atoms with Gasteiger partial charge in [-0.05, 0) is 31.4 Å². The lowest BCUT2D eigenvalue weighted by Gasteiger charge is -2.17. The lowest BCUT2D eigenvalue weighted by molar-refractivity contribution is 0.166. The average molecular weight is 435 g/mol. The molecule has 1 aromatic carbocycles. The minimum atomic E-state index is 0.494. The van der Waals surface area contributed by atoms with Crippen LogP contribution in [0.1, 0.15) is 24.0 Å². The zero-order valence-corrected chi connectivity index (χ0v) is 18.8. The van der Waals surface area contributed by atoms with Crippen LogP contribution in [0.25, 0.3) is 0 Å². The molecule has 2 N–H and O–H groups in total. The van der Waals surface area contributed by atoms with E-state index in [1.807, 2.05) is 11.6 Å². The molecule has 8 heteroatoms. The van der Waals surface area contributed by atoms with Crippen molar-refractivity contribution in [2.24, 2.45) is 10.9 Å². The molecule has 0 spiro atoms. The lowest BCUT2D eigenvalue weighted by Crippen LogP contribution is -2.37. The Balaban J connectivity index is 1.42. The van der Waals surface area contributed by atoms with Crippen LogP contribution in [0.2, 0.25) is 0 Å². The van der Waals surface area contributed by atoms with Crippen LogP contribution in [0, 0.1) is 12.8 Å². The zero-order valence-electron chi connectivity index (χ0n) is 17.1. The van der Waals surface area contributed by atoms with Gasteiger partial charge in [-0.2, -0.15) is 0 Å². The maximum Gasteiger partial charge on any atom is 0.191 e. The molecule has 1 saturated heterocycles. The molecule has 3 rings (SSSR count). The lowest BCUT2D eigenvalue weighted by atomic mass is 10.1. The molecule has 1 aliphatic rings. The summed E-state index contributed by atoms with van der Waals surface area (Å²) < 4.78 is 12.7. The van der Waals surface area contributed by atoms with Crippen LogP contribution < -0.4 is 15.4 Å². The number of aliphatic imine (C=N–C) groups is 1. The Bertz CT molecular complexity index is 762. The van der Waals surface area contributed by atoms with E-state index in [4.69, 9.17) is 9.47 Å². The van der Waals surface area contributed by atoms with Gasteiger partial charge in [-0.25, -0.2) is 4.98 Å². The summed E-state index contributed by atoms with van der Waals surface area (Å²) in [6.45, 7) is 5.99. The number of nitrogens with one attached hydrogen (secondary N) is 2. The van der Waals surface area contributed by atoms with Crippen LogP contribution in [0.4, 0.5) is 0 Å². The fourth-order valence-corrected chi connectivity index (χ4v) is 4.63. The standard InChI is InChI=1S/C21H30N4O2S2/c1-16-4-5-18(19(12-16)27-15-17-6-9-26-14-17)13-25-20(22-2)23-7-3-10-28-21-24-8-11-29-21/h4-5,8,11-12,17H,3,6-7,9-10,13-15H2,1-2H3,(H2,22,23,25). The molecule has 1 atom stereocenters. The van der Waals surface area contributed by atoms with E-state index in [9.17, 15) is 0 Å². The van der Waals surface area contributed by atoms with Crippen LogP contribution >= 0.6 is 23.1 Å². The summed E-state index contributed by atoms with van der Waals surface area (Å²) in [6.07, 6.45) is 3.98. The van der Waals surface area contributed by atoms with Gasteiger partial charge in [-0.1, -0.05) is 23.9 Å². The Morgan fingerprint density at radius 2 is 2.34 bits per heavy atom. The number of guanidine groups is 1. The van der Waals surface area contributed by atoms with E-state index in [0.29, 0.717) is 19.1 Å². The summed E-state index contributed by atoms with van der Waals surface area (Å²) in [4.78, 5) is 8.62. The highest BCUT2D eigenvalue weighted by Crippen LogP contribution is 2.23. The molecule has 1 aliphatic heterocycles. The van der Waals surface area contributed by atoms with E-state index in [1.165, 1.54) is 5.56 Å². The van der Waals surface area contributed by atoms with Gasteiger partial charge >= 0.3 is 0 Å². The number of ether oxygens (including phenoxy) is 2. The van der Waals surface area contributed by atoms with Gasteiger partial charge in [0.15, 0.2) is 5.96 Å². The van der Waals surface area contributed by atoms with E-state index in [0.717, 1.165) is 60.0 Å². The summed E-state index contributed by atoms with van der Waals surface area (Å²) in [5.74, 6) is 3.28. The monoisotopic (exact) mass is 434 g/mol. The van der Waals surface area contributed by atoms with Crippen molar-refractivity contribution < 1.29 is 9.47 Å². The van der Waals surface area contributed by atoms with Crippen molar-refractivity contribution in [1.82, 2.24) is 15.6 Å². The van der Waals surface area contributed by atoms with Gasteiger partial charge in [-0.3, -0.25) is 4.99 Å². The normalized spacial score (nSPS) is 16.8. The minimum absolute atomic E-state index is 0.494. The number of rotatable bonds is 10. The molecular formula is C21H30N4O2S2. The maximum absolute atomic E-state index is 6.13. The summed E-state index contributed by atoms with van der Waals surface area (Å²) in [5.41, 5.74) is 2.34. The van der Waals surface area contributed by atoms with Crippen LogP contribution in [0.5, 0.6) is 5.75 Å². The maximum atomic E-state index is 6.13. The second-order valence-corrected chi connectivity index (χ2v) is 9.24. The topological polar surface area (TPSA) is 67.8 Å². The number of thioether (sulfide) groups is 1. The minimum Gasteiger partial charge on any atom is -0.493 e. The Morgan fingerprint density at radius 1 is 1.41 bits per heavy atom. The summed E-state index contributed by atoms with van der Waals surface area (Å²) in [6, 6.07) is 6.36. The van der Waals surface area contributed by atoms with Crippen molar-refractivity contribution in [2.75, 3.05) is 39.2 Å². The van der Waals surface area contributed by atoms with Crippen molar-refractivity contribution in [3.63, 3.8) is 0 Å². The van der Waals surface area contributed by atoms with E-state index >= 15 is 0 Å². The molecule has 6 nitrogen and oxygen atoms in total. The van der Waals surface area contributed by atoms with E-state index in [-0.39, 0.29) is 0 Å². The zero-order chi connectivity index (χ0) is 20.3. The first-order chi connectivity index (χ1) is 14.2. The number of hydrogen-bond donors (Lipinski definition) is 2. The third-order valence-electron chi connectivity index (χ3n) is 4.64. The molecule has 2 heterocycles. The number of aryl methyl sites for hydroxylation is 1. The predicted molar refractivity (Wildman–Crippen MR) is 121 cm³/mol. The van der Waals surface area contributed by atoms with Gasteiger partial charge in [0, 0.05) is 55.6 Å². The molecule has 0 aliphatic carbocycles. The molecule has 0 bridgehead atoms. The van der Waals surface area contributed by atoms with Crippen molar-refractivity contribution in [3.8, 4) is 5.75 Å². The SMILES string of the molecule is CN=C(NCCCSc1nccs1)NCc1ccc(C)cc1OCC1CCOC1. The number of thiazole rings is 1. The van der Waals surface area contributed by atoms with Crippen LogP contribution in [-0.4, -0.2) is 50.1 Å². The Labute approximate surface area is 181 Å². The molecule has 1 aromatic heterocycles. The smallest absolute Gasteiger partial charge is 0.191 e. The van der Waals surface area contributed by atoms with Gasteiger partial charge in [0.2, 0.25) is 0 Å². The van der Waals surface area contributed by atoms with Gasteiger partial charge in [0.05, 0.1) is 13.2 Å². The van der Waals surface area contributed by atoms with Crippen LogP contribution in [0.3, 0.4) is 0 Å². The Hall–Kier alpha value is -1.77. The molecule has 1 fully saturated rings. The summed E-state index contributed by atoms with van der Waals surface area (Å²) in [5, 5.41) is 8.78. The molecule has 29 heavy (non-hydrogen) atoms. The first kappa shape index (κ1) is 21.9. The van der Waals surface area contributed by atoms with Crippen molar-refractivity contribution in [1.29, 1.82) is 0 Å². The number of benzene rings is 1. The average Bonchev–Trinajstić information content (AvgIpc) is 3.43. The molecule has 2 aromatic rings. The second-order valence-electron chi connectivity index (χ2n) is 7.00. The molecule has 1 unspecified atom stereocenters. The van der Waals surface area contributed by atoms with E-state index in [2.05, 4.69) is 45.7 Å². The fraction of sp³-hybridized carbons (Fsp3) is 0.524. The summed E-state index contributed by atoms with van der Waals surface area (Å²) in [7, 11) is 1.80. The fourth-order valence-electron chi connectivity index (χ4n) is 2.98. The first-order valence-electron chi connectivity index (χ1n) is 10.0. The molecular weight excluding hydrogens is 404 g/mol. The first-order valence-corrected chi connectivity index (χ1v) is 11.9. The van der Waals surface area contributed by atoms with Crippen LogP contribution in [-0.2, 0) is 11.3 Å². The highest BCUT2D eigenvalue weighted by Gasteiger charge is 2.17.